The van der Waals surface area contributed by atoms with Crippen LogP contribution in [0.2, 0.25) is 15.1 Å². The maximum Gasteiger partial charge on any atom is 0.238 e. The average molecular weight is 336 g/mol. The lowest BCUT2D eigenvalue weighted by Crippen LogP contribution is -2.42. The molecule has 1 fully saturated rings. The fourth-order valence-electron chi connectivity index (χ4n) is 2.42. The first-order chi connectivity index (χ1) is 9.47. The Hall–Kier alpha value is -0.480. The molecule has 1 atom stereocenters. The van der Waals surface area contributed by atoms with Gasteiger partial charge in [0, 0.05) is 11.1 Å². The fourth-order valence-corrected chi connectivity index (χ4v) is 3.33. The zero-order valence-corrected chi connectivity index (χ0v) is 13.5. The zero-order valence-electron chi connectivity index (χ0n) is 11.3. The standard InChI is InChI=1S/C14H17Cl3N2O/c1-9-4-2-3-5-19(9)8-13(20)18-14-11(16)6-10(15)7-12(14)17/h6-7,9H,2-5,8H2,1H3,(H,18,20). The molecule has 0 spiro atoms. The molecule has 1 aromatic carbocycles. The summed E-state index contributed by atoms with van der Waals surface area (Å²) in [6, 6.07) is 3.56. The van der Waals surface area contributed by atoms with Crippen molar-refractivity contribution in [3.05, 3.63) is 27.2 Å². The summed E-state index contributed by atoms with van der Waals surface area (Å²) in [5.74, 6) is -0.107. The molecule has 0 saturated carbocycles. The molecule has 1 unspecified atom stereocenters. The van der Waals surface area contributed by atoms with E-state index in [0.717, 1.165) is 19.4 Å². The second-order valence-electron chi connectivity index (χ2n) is 5.11. The summed E-state index contributed by atoms with van der Waals surface area (Å²) in [6.45, 7) is 3.46. The number of anilines is 1. The maximum atomic E-state index is 12.1. The number of hydrogen-bond acceptors (Lipinski definition) is 2. The molecule has 20 heavy (non-hydrogen) atoms. The summed E-state index contributed by atoms with van der Waals surface area (Å²) in [5.41, 5.74) is 0.424. The number of carbonyl (C=O) groups excluding carboxylic acids is 1. The van der Waals surface area contributed by atoms with Gasteiger partial charge in [-0.2, -0.15) is 0 Å². The maximum absolute atomic E-state index is 12.1. The number of amides is 1. The van der Waals surface area contributed by atoms with Gasteiger partial charge in [-0.3, -0.25) is 9.69 Å². The quantitative estimate of drug-likeness (QED) is 0.884. The molecule has 0 aliphatic carbocycles. The van der Waals surface area contributed by atoms with Crippen LogP contribution in [-0.4, -0.2) is 29.9 Å². The predicted octanol–water partition coefficient (Wildman–Crippen LogP) is 4.46. The molecule has 1 aliphatic rings. The molecule has 110 valence electrons. The second kappa shape index (κ2) is 6.99. The Morgan fingerprint density at radius 1 is 1.30 bits per heavy atom. The molecule has 0 bridgehead atoms. The van der Waals surface area contributed by atoms with Crippen molar-refractivity contribution in [2.45, 2.75) is 32.2 Å². The van der Waals surface area contributed by atoms with Crippen molar-refractivity contribution in [1.82, 2.24) is 4.90 Å². The van der Waals surface area contributed by atoms with Gasteiger partial charge in [-0.05, 0) is 38.4 Å². The van der Waals surface area contributed by atoms with Gasteiger partial charge < -0.3 is 5.32 Å². The lowest BCUT2D eigenvalue weighted by Gasteiger charge is -2.32. The number of carbonyl (C=O) groups is 1. The Morgan fingerprint density at radius 3 is 2.55 bits per heavy atom. The lowest BCUT2D eigenvalue weighted by atomic mass is 10.0. The number of halogens is 3. The monoisotopic (exact) mass is 334 g/mol. The SMILES string of the molecule is CC1CCCCN1CC(=O)Nc1c(Cl)cc(Cl)cc1Cl. The number of benzene rings is 1. The van der Waals surface area contributed by atoms with Crippen LogP contribution >= 0.6 is 34.8 Å². The van der Waals surface area contributed by atoms with Crippen molar-refractivity contribution in [1.29, 1.82) is 0 Å². The average Bonchev–Trinajstić information content (AvgIpc) is 2.36. The van der Waals surface area contributed by atoms with E-state index >= 15 is 0 Å². The second-order valence-corrected chi connectivity index (χ2v) is 6.36. The minimum atomic E-state index is -0.107. The summed E-state index contributed by atoms with van der Waals surface area (Å²) < 4.78 is 0. The van der Waals surface area contributed by atoms with Crippen LogP contribution < -0.4 is 5.32 Å². The third-order valence-electron chi connectivity index (χ3n) is 3.56. The molecule has 1 aromatic rings. The summed E-state index contributed by atoms with van der Waals surface area (Å²) in [4.78, 5) is 14.3. The third-order valence-corrected chi connectivity index (χ3v) is 4.37. The molecule has 1 saturated heterocycles. The molecule has 2 rings (SSSR count). The Kier molecular flexibility index (Phi) is 5.56. The van der Waals surface area contributed by atoms with Crippen LogP contribution in [-0.2, 0) is 4.79 Å². The number of piperidine rings is 1. The van der Waals surface area contributed by atoms with Crippen molar-refractivity contribution in [3.8, 4) is 0 Å². The zero-order chi connectivity index (χ0) is 14.7. The van der Waals surface area contributed by atoms with Gasteiger partial charge in [0.25, 0.3) is 0 Å². The van der Waals surface area contributed by atoms with E-state index in [1.54, 1.807) is 12.1 Å². The van der Waals surface area contributed by atoms with Crippen LogP contribution in [0.3, 0.4) is 0 Å². The minimum absolute atomic E-state index is 0.107. The summed E-state index contributed by atoms with van der Waals surface area (Å²) >= 11 is 17.9. The Balaban J connectivity index is 2.01. The van der Waals surface area contributed by atoms with E-state index in [2.05, 4.69) is 17.1 Å². The van der Waals surface area contributed by atoms with Crippen LogP contribution in [0.15, 0.2) is 12.1 Å². The van der Waals surface area contributed by atoms with Gasteiger partial charge in [-0.15, -0.1) is 0 Å². The van der Waals surface area contributed by atoms with Gasteiger partial charge >= 0.3 is 0 Å². The highest BCUT2D eigenvalue weighted by atomic mass is 35.5. The van der Waals surface area contributed by atoms with Gasteiger partial charge in [0.1, 0.15) is 0 Å². The molecular weight excluding hydrogens is 319 g/mol. The Labute approximate surface area is 134 Å². The molecular formula is C14H17Cl3N2O. The topological polar surface area (TPSA) is 32.3 Å². The van der Waals surface area contributed by atoms with Crippen LogP contribution in [0.1, 0.15) is 26.2 Å². The van der Waals surface area contributed by atoms with Crippen LogP contribution in [0.5, 0.6) is 0 Å². The highest BCUT2D eigenvalue weighted by Gasteiger charge is 2.21. The van der Waals surface area contributed by atoms with E-state index in [9.17, 15) is 4.79 Å². The first-order valence-corrected chi connectivity index (χ1v) is 7.79. The van der Waals surface area contributed by atoms with Crippen molar-refractivity contribution < 1.29 is 4.79 Å². The van der Waals surface area contributed by atoms with E-state index in [1.165, 1.54) is 6.42 Å². The summed E-state index contributed by atoms with van der Waals surface area (Å²) in [5, 5.41) is 3.92. The largest absolute Gasteiger partial charge is 0.322 e. The summed E-state index contributed by atoms with van der Waals surface area (Å²) in [7, 11) is 0. The van der Waals surface area contributed by atoms with Gasteiger partial charge in [-0.1, -0.05) is 41.2 Å². The van der Waals surface area contributed by atoms with E-state index in [4.69, 9.17) is 34.8 Å². The number of hydrogen-bond donors (Lipinski definition) is 1. The molecule has 0 aromatic heterocycles. The van der Waals surface area contributed by atoms with Crippen LogP contribution in [0, 0.1) is 0 Å². The van der Waals surface area contributed by atoms with E-state index in [1.807, 2.05) is 0 Å². The van der Waals surface area contributed by atoms with Gasteiger partial charge in [0.15, 0.2) is 0 Å². The molecule has 0 radical (unpaired) electrons. The lowest BCUT2D eigenvalue weighted by molar-refractivity contribution is -0.118. The molecule has 1 N–H and O–H groups in total. The van der Waals surface area contributed by atoms with Crippen LogP contribution in [0.25, 0.3) is 0 Å². The third kappa shape index (κ3) is 4.01. The van der Waals surface area contributed by atoms with Crippen molar-refractivity contribution in [3.63, 3.8) is 0 Å². The molecule has 1 heterocycles. The molecule has 3 nitrogen and oxygen atoms in total. The van der Waals surface area contributed by atoms with Gasteiger partial charge in [0.2, 0.25) is 5.91 Å². The van der Waals surface area contributed by atoms with Crippen LogP contribution in [0.4, 0.5) is 5.69 Å². The number of rotatable bonds is 3. The first-order valence-electron chi connectivity index (χ1n) is 6.66. The van der Waals surface area contributed by atoms with Crippen molar-refractivity contribution in [2.24, 2.45) is 0 Å². The van der Waals surface area contributed by atoms with Gasteiger partial charge in [-0.25, -0.2) is 0 Å². The molecule has 1 amide bonds. The number of nitrogens with zero attached hydrogens (tertiary/aromatic N) is 1. The fraction of sp³-hybridized carbons (Fsp3) is 0.500. The summed E-state index contributed by atoms with van der Waals surface area (Å²) in [6.07, 6.45) is 3.50. The van der Waals surface area contributed by atoms with Gasteiger partial charge in [0.05, 0.1) is 22.3 Å². The van der Waals surface area contributed by atoms with E-state index in [0.29, 0.717) is 33.3 Å². The smallest absolute Gasteiger partial charge is 0.238 e. The Bertz CT molecular complexity index is 484. The van der Waals surface area contributed by atoms with E-state index < -0.39 is 0 Å². The molecule has 1 aliphatic heterocycles. The normalized spacial score (nSPS) is 19.9. The highest BCUT2D eigenvalue weighted by molar-refractivity contribution is 6.42. The highest BCUT2D eigenvalue weighted by Crippen LogP contribution is 2.33. The number of nitrogens with one attached hydrogen (secondary N) is 1. The predicted molar refractivity (Wildman–Crippen MR) is 85.0 cm³/mol. The van der Waals surface area contributed by atoms with E-state index in [-0.39, 0.29) is 5.91 Å². The molecule has 6 heteroatoms. The first kappa shape index (κ1) is 15.9. The number of likely N-dealkylation sites (tertiary alicyclic amines) is 1. The minimum Gasteiger partial charge on any atom is -0.322 e. The van der Waals surface area contributed by atoms with Crippen molar-refractivity contribution in [2.75, 3.05) is 18.4 Å². The van der Waals surface area contributed by atoms with Crippen molar-refractivity contribution >= 4 is 46.4 Å². The Morgan fingerprint density at radius 2 is 1.95 bits per heavy atom.